The van der Waals surface area contributed by atoms with Crippen molar-refractivity contribution in [2.75, 3.05) is 11.9 Å². The van der Waals surface area contributed by atoms with E-state index in [-0.39, 0.29) is 29.0 Å². The highest BCUT2D eigenvalue weighted by Crippen LogP contribution is 2.31. The molecule has 1 aliphatic heterocycles. The van der Waals surface area contributed by atoms with Crippen molar-refractivity contribution in [1.29, 1.82) is 0 Å². The number of imide groups is 1. The standard InChI is InChI=1S/C24H17F2N3O6/c25-24(26)35-19-10-9-16(12-15(19)11-14-5-2-1-3-6-14)27-20(30)13-28-22(31)17-7-4-8-18(29(33)34)21(17)23(28)32/h1-10,12,24H,11,13H2,(H,27,30). The van der Waals surface area contributed by atoms with Crippen LogP contribution < -0.4 is 10.1 Å². The molecule has 1 N–H and O–H groups in total. The molecule has 1 aliphatic rings. The average molecular weight is 481 g/mol. The van der Waals surface area contributed by atoms with Crippen molar-refractivity contribution in [2.24, 2.45) is 0 Å². The van der Waals surface area contributed by atoms with Crippen LogP contribution in [0.2, 0.25) is 0 Å². The highest BCUT2D eigenvalue weighted by Gasteiger charge is 2.41. The number of fused-ring (bicyclic) bond motifs is 1. The molecule has 4 rings (SSSR count). The molecule has 35 heavy (non-hydrogen) atoms. The van der Waals surface area contributed by atoms with Crippen LogP contribution in [0.5, 0.6) is 5.75 Å². The molecule has 0 radical (unpaired) electrons. The number of ether oxygens (including phenoxy) is 1. The molecular weight excluding hydrogens is 464 g/mol. The normalized spacial score (nSPS) is 12.6. The minimum absolute atomic E-state index is 0.0606. The van der Waals surface area contributed by atoms with Crippen molar-refractivity contribution in [3.05, 3.63) is 99.1 Å². The van der Waals surface area contributed by atoms with Gasteiger partial charge >= 0.3 is 6.61 Å². The number of hydrogen-bond acceptors (Lipinski definition) is 6. The summed E-state index contributed by atoms with van der Waals surface area (Å²) < 4.78 is 30.3. The molecule has 0 atom stereocenters. The minimum Gasteiger partial charge on any atom is -0.435 e. The summed E-state index contributed by atoms with van der Waals surface area (Å²) in [7, 11) is 0. The Labute approximate surface area is 197 Å². The van der Waals surface area contributed by atoms with Crippen molar-refractivity contribution in [1.82, 2.24) is 4.90 Å². The zero-order valence-electron chi connectivity index (χ0n) is 17.9. The summed E-state index contributed by atoms with van der Waals surface area (Å²) in [6.07, 6.45) is 0.245. The highest BCUT2D eigenvalue weighted by atomic mass is 19.3. The van der Waals surface area contributed by atoms with Gasteiger partial charge in [0.25, 0.3) is 17.5 Å². The van der Waals surface area contributed by atoms with Gasteiger partial charge in [-0.05, 0) is 29.8 Å². The summed E-state index contributed by atoms with van der Waals surface area (Å²) in [5.41, 5.74) is 0.382. The van der Waals surface area contributed by atoms with Crippen LogP contribution in [-0.4, -0.2) is 40.7 Å². The van der Waals surface area contributed by atoms with Gasteiger partial charge < -0.3 is 10.1 Å². The smallest absolute Gasteiger partial charge is 0.387 e. The van der Waals surface area contributed by atoms with Gasteiger partial charge in [-0.2, -0.15) is 8.78 Å². The topological polar surface area (TPSA) is 119 Å². The number of halogens is 2. The van der Waals surface area contributed by atoms with Gasteiger partial charge in [-0.1, -0.05) is 36.4 Å². The van der Waals surface area contributed by atoms with E-state index in [0.29, 0.717) is 10.5 Å². The first-order valence-electron chi connectivity index (χ1n) is 10.3. The van der Waals surface area contributed by atoms with Gasteiger partial charge in [-0.3, -0.25) is 29.4 Å². The van der Waals surface area contributed by atoms with Crippen LogP contribution in [0.3, 0.4) is 0 Å². The Morgan fingerprint density at radius 1 is 1.03 bits per heavy atom. The maximum atomic E-state index is 12.8. The molecule has 0 spiro atoms. The fraction of sp³-hybridized carbons (Fsp3) is 0.125. The predicted molar refractivity (Wildman–Crippen MR) is 119 cm³/mol. The van der Waals surface area contributed by atoms with E-state index in [0.717, 1.165) is 11.6 Å². The third-order valence-electron chi connectivity index (χ3n) is 5.27. The highest BCUT2D eigenvalue weighted by molar-refractivity contribution is 6.24. The Hall–Kier alpha value is -4.67. The lowest BCUT2D eigenvalue weighted by Crippen LogP contribution is -2.37. The monoisotopic (exact) mass is 481 g/mol. The zero-order chi connectivity index (χ0) is 25.1. The van der Waals surface area contributed by atoms with Crippen molar-refractivity contribution in [2.45, 2.75) is 13.0 Å². The third-order valence-corrected chi connectivity index (χ3v) is 5.27. The molecule has 0 saturated heterocycles. The van der Waals surface area contributed by atoms with E-state index in [1.807, 2.05) is 6.07 Å². The number of hydrogen-bond donors (Lipinski definition) is 1. The fourth-order valence-electron chi connectivity index (χ4n) is 3.78. The third kappa shape index (κ3) is 4.98. The molecule has 3 amide bonds. The second-order valence-electron chi connectivity index (χ2n) is 7.56. The van der Waals surface area contributed by atoms with Gasteiger partial charge in [0, 0.05) is 23.7 Å². The van der Waals surface area contributed by atoms with E-state index in [9.17, 15) is 33.3 Å². The Morgan fingerprint density at radius 2 is 1.77 bits per heavy atom. The van der Waals surface area contributed by atoms with Gasteiger partial charge in [0.1, 0.15) is 17.9 Å². The van der Waals surface area contributed by atoms with E-state index in [1.54, 1.807) is 24.3 Å². The van der Waals surface area contributed by atoms with E-state index >= 15 is 0 Å². The number of alkyl halides is 2. The molecule has 3 aromatic carbocycles. The Balaban J connectivity index is 1.52. The van der Waals surface area contributed by atoms with Gasteiger partial charge in [-0.25, -0.2) is 0 Å². The summed E-state index contributed by atoms with van der Waals surface area (Å²) in [6, 6.07) is 16.7. The summed E-state index contributed by atoms with van der Waals surface area (Å²) in [6.45, 7) is -3.73. The van der Waals surface area contributed by atoms with Crippen LogP contribution in [0.4, 0.5) is 20.2 Å². The number of nitrogens with one attached hydrogen (secondary N) is 1. The van der Waals surface area contributed by atoms with E-state index < -0.39 is 41.5 Å². The van der Waals surface area contributed by atoms with E-state index in [1.165, 1.54) is 30.3 Å². The number of nitrogens with zero attached hydrogens (tertiary/aromatic N) is 2. The Bertz CT molecular complexity index is 1330. The molecule has 3 aromatic rings. The average Bonchev–Trinajstić information content (AvgIpc) is 3.06. The Kier molecular flexibility index (Phi) is 6.49. The lowest BCUT2D eigenvalue weighted by atomic mass is 10.0. The largest absolute Gasteiger partial charge is 0.435 e. The number of amides is 3. The first-order valence-corrected chi connectivity index (χ1v) is 10.3. The van der Waals surface area contributed by atoms with Crippen molar-refractivity contribution < 1.29 is 32.8 Å². The van der Waals surface area contributed by atoms with Crippen molar-refractivity contribution in [3.63, 3.8) is 0 Å². The fourth-order valence-corrected chi connectivity index (χ4v) is 3.78. The summed E-state index contributed by atoms with van der Waals surface area (Å²) >= 11 is 0. The number of rotatable bonds is 8. The quantitative estimate of drug-likeness (QED) is 0.295. The number of nitro benzene ring substituents is 1. The molecule has 0 aromatic heterocycles. The number of carbonyl (C=O) groups is 3. The SMILES string of the molecule is O=C(CN1C(=O)c2cccc([N+](=O)[O-])c2C1=O)Nc1ccc(OC(F)F)c(Cc2ccccc2)c1. The van der Waals surface area contributed by atoms with Gasteiger partial charge in [-0.15, -0.1) is 0 Å². The van der Waals surface area contributed by atoms with Crippen molar-refractivity contribution >= 4 is 29.1 Å². The molecule has 11 heteroatoms. The van der Waals surface area contributed by atoms with Crippen LogP contribution in [0.15, 0.2) is 66.7 Å². The maximum Gasteiger partial charge on any atom is 0.387 e. The second-order valence-corrected chi connectivity index (χ2v) is 7.56. The number of nitro groups is 1. The molecule has 0 unspecified atom stereocenters. The lowest BCUT2D eigenvalue weighted by Gasteiger charge is -2.16. The molecule has 178 valence electrons. The van der Waals surface area contributed by atoms with Gasteiger partial charge in [0.2, 0.25) is 5.91 Å². The number of anilines is 1. The van der Waals surface area contributed by atoms with E-state index in [2.05, 4.69) is 10.1 Å². The second kappa shape index (κ2) is 9.67. The van der Waals surface area contributed by atoms with Crippen LogP contribution in [-0.2, 0) is 11.2 Å². The van der Waals surface area contributed by atoms with E-state index in [4.69, 9.17) is 0 Å². The molecule has 1 heterocycles. The molecule has 0 bridgehead atoms. The van der Waals surface area contributed by atoms with Crippen LogP contribution in [0, 0.1) is 10.1 Å². The molecular formula is C24H17F2N3O6. The van der Waals surface area contributed by atoms with Crippen LogP contribution >= 0.6 is 0 Å². The Morgan fingerprint density at radius 3 is 2.46 bits per heavy atom. The minimum atomic E-state index is -3.04. The first-order chi connectivity index (χ1) is 16.7. The lowest BCUT2D eigenvalue weighted by molar-refractivity contribution is -0.385. The summed E-state index contributed by atoms with van der Waals surface area (Å²) in [5.74, 6) is -2.59. The van der Waals surface area contributed by atoms with Crippen molar-refractivity contribution in [3.8, 4) is 5.75 Å². The summed E-state index contributed by atoms with van der Waals surface area (Å²) in [5, 5.41) is 13.7. The van der Waals surface area contributed by atoms with Crippen LogP contribution in [0.1, 0.15) is 31.8 Å². The van der Waals surface area contributed by atoms with Gasteiger partial charge in [0.05, 0.1) is 10.5 Å². The first kappa shape index (κ1) is 23.5. The molecule has 0 fully saturated rings. The summed E-state index contributed by atoms with van der Waals surface area (Å²) in [4.78, 5) is 48.9. The predicted octanol–water partition coefficient (Wildman–Crippen LogP) is 4.02. The number of benzene rings is 3. The number of carbonyl (C=O) groups excluding carboxylic acids is 3. The zero-order valence-corrected chi connectivity index (χ0v) is 17.9. The maximum absolute atomic E-state index is 12.8. The molecule has 9 nitrogen and oxygen atoms in total. The molecule has 0 aliphatic carbocycles. The van der Waals surface area contributed by atoms with Gasteiger partial charge in [0.15, 0.2) is 0 Å². The van der Waals surface area contributed by atoms with Crippen LogP contribution in [0.25, 0.3) is 0 Å². The molecule has 0 saturated carbocycles.